The van der Waals surface area contributed by atoms with Crippen molar-refractivity contribution in [1.29, 1.82) is 0 Å². The van der Waals surface area contributed by atoms with Gasteiger partial charge in [0.05, 0.1) is 10.9 Å². The molecule has 0 bridgehead atoms. The molecule has 0 spiro atoms. The molecule has 3 nitrogen and oxygen atoms in total. The fourth-order valence-electron chi connectivity index (χ4n) is 2.54. The summed E-state index contributed by atoms with van der Waals surface area (Å²) in [6.07, 6.45) is 0.923. The minimum Gasteiger partial charge on any atom is -0.373 e. The normalized spacial score (nSPS) is 14.8. The lowest BCUT2D eigenvalue weighted by Crippen LogP contribution is -2.51. The predicted octanol–water partition coefficient (Wildman–Crippen LogP) is 5.07. The molecule has 22 heavy (non-hydrogen) atoms. The lowest BCUT2D eigenvalue weighted by molar-refractivity contribution is 0.0633. The Hall–Kier alpha value is -0.393. The van der Waals surface area contributed by atoms with E-state index in [9.17, 15) is 0 Å². The monoisotopic (exact) mass is 344 g/mol. The first-order valence-corrected chi connectivity index (χ1v) is 10.4. The van der Waals surface area contributed by atoms with Crippen LogP contribution in [0.15, 0.2) is 24.3 Å². The third kappa shape index (κ3) is 4.80. The average molecular weight is 345 g/mol. The van der Waals surface area contributed by atoms with E-state index in [2.05, 4.69) is 38.1 Å². The molecular formula is C17H29ClO3Si. The van der Waals surface area contributed by atoms with Crippen molar-refractivity contribution in [2.45, 2.75) is 52.0 Å². The summed E-state index contributed by atoms with van der Waals surface area (Å²) in [6, 6.07) is 8.42. The molecule has 0 fully saturated rings. The van der Waals surface area contributed by atoms with Gasteiger partial charge in [-0.05, 0) is 38.3 Å². The number of halogens is 1. The molecule has 0 saturated carbocycles. The maximum atomic E-state index is 6.30. The molecule has 0 radical (unpaired) electrons. The van der Waals surface area contributed by atoms with E-state index < -0.39 is 8.80 Å². The van der Waals surface area contributed by atoms with E-state index in [-0.39, 0.29) is 10.9 Å². The lowest BCUT2D eigenvalue weighted by atomic mass is 10.1. The second-order valence-corrected chi connectivity index (χ2v) is 8.63. The van der Waals surface area contributed by atoms with Crippen LogP contribution < -0.4 is 0 Å². The van der Waals surface area contributed by atoms with Crippen LogP contribution in [0, 0.1) is 0 Å². The van der Waals surface area contributed by atoms with Gasteiger partial charge in [-0.15, -0.1) is 11.6 Å². The Morgan fingerprint density at radius 3 is 1.64 bits per heavy atom. The van der Waals surface area contributed by atoms with Crippen LogP contribution in [0.25, 0.3) is 0 Å². The van der Waals surface area contributed by atoms with Crippen LogP contribution in [0.4, 0.5) is 0 Å². The zero-order chi connectivity index (χ0) is 16.6. The molecule has 0 aliphatic rings. The smallest absolute Gasteiger partial charge is 0.373 e. The fraction of sp³-hybridized carbons (Fsp3) is 0.647. The molecule has 1 rings (SSSR count). The van der Waals surface area contributed by atoms with Gasteiger partial charge in [-0.25, -0.2) is 0 Å². The Bertz CT molecular complexity index is 407. The Labute approximate surface area is 141 Å². The van der Waals surface area contributed by atoms with Crippen LogP contribution in [0.2, 0.25) is 0 Å². The van der Waals surface area contributed by atoms with Crippen LogP contribution in [-0.4, -0.2) is 28.6 Å². The zero-order valence-electron chi connectivity index (χ0n) is 14.4. The molecule has 0 heterocycles. The Morgan fingerprint density at radius 1 is 0.864 bits per heavy atom. The summed E-state index contributed by atoms with van der Waals surface area (Å²) in [7, 11) is -2.73. The van der Waals surface area contributed by atoms with E-state index in [4.69, 9.17) is 24.9 Å². The maximum absolute atomic E-state index is 6.30. The van der Waals surface area contributed by atoms with Gasteiger partial charge in [-0.2, -0.15) is 0 Å². The number of hydrogen-bond donors (Lipinski definition) is 0. The number of hydrogen-bond acceptors (Lipinski definition) is 3. The topological polar surface area (TPSA) is 27.7 Å². The minimum atomic E-state index is -2.73. The number of rotatable bonds is 10. The first kappa shape index (κ1) is 19.7. The summed E-state index contributed by atoms with van der Waals surface area (Å²) in [6.45, 7) is 11.9. The first-order valence-electron chi connectivity index (χ1n) is 8.20. The van der Waals surface area contributed by atoms with Gasteiger partial charge in [0.1, 0.15) is 0 Å². The highest BCUT2D eigenvalue weighted by atomic mass is 35.5. The average Bonchev–Trinajstić information content (AvgIpc) is 2.54. The largest absolute Gasteiger partial charge is 0.508 e. The van der Waals surface area contributed by atoms with Crippen LogP contribution in [0.1, 0.15) is 63.1 Å². The van der Waals surface area contributed by atoms with Gasteiger partial charge in [-0.3, -0.25) is 0 Å². The molecule has 2 atom stereocenters. The van der Waals surface area contributed by atoms with Crippen molar-refractivity contribution >= 4 is 20.4 Å². The number of benzene rings is 1. The summed E-state index contributed by atoms with van der Waals surface area (Å²) in [5, 5.41) is 0.0667. The molecule has 0 amide bonds. The van der Waals surface area contributed by atoms with E-state index in [1.54, 1.807) is 0 Å². The van der Waals surface area contributed by atoms with E-state index in [0.29, 0.717) is 19.8 Å². The van der Waals surface area contributed by atoms with Crippen molar-refractivity contribution in [3.63, 3.8) is 0 Å². The summed E-state index contributed by atoms with van der Waals surface area (Å²) in [5.41, 5.74) is 2.42. The lowest BCUT2D eigenvalue weighted by Gasteiger charge is -2.33. The van der Waals surface area contributed by atoms with E-state index in [0.717, 1.165) is 12.0 Å². The summed E-state index contributed by atoms with van der Waals surface area (Å²) >= 11 is 6.30. The molecular weight excluding hydrogens is 316 g/mol. The molecule has 0 aromatic heterocycles. The van der Waals surface area contributed by atoms with E-state index in [1.165, 1.54) is 5.56 Å². The van der Waals surface area contributed by atoms with Crippen molar-refractivity contribution in [3.05, 3.63) is 35.4 Å². The molecule has 5 heteroatoms. The Kier molecular flexibility index (Phi) is 8.65. The van der Waals surface area contributed by atoms with Gasteiger partial charge >= 0.3 is 8.80 Å². The van der Waals surface area contributed by atoms with Gasteiger partial charge < -0.3 is 13.3 Å². The molecule has 0 N–H and O–H groups in total. The first-order chi connectivity index (χ1) is 10.5. The summed E-state index contributed by atoms with van der Waals surface area (Å²) < 4.78 is 18.0. The standard InChI is InChI=1S/C17H29ClO3Si/c1-6-17(18)16-12-10-15(11-13-16)14(5)22(19-7-2,20-8-3)21-9-4/h10-14,17H,6-9H2,1-5H3. The third-order valence-corrected chi connectivity index (χ3v) is 7.75. The van der Waals surface area contributed by atoms with Crippen LogP contribution in [0.5, 0.6) is 0 Å². The maximum Gasteiger partial charge on any atom is 0.508 e. The van der Waals surface area contributed by atoms with Crippen LogP contribution in [-0.2, 0) is 13.3 Å². The van der Waals surface area contributed by atoms with Crippen LogP contribution in [0.3, 0.4) is 0 Å². The molecule has 126 valence electrons. The van der Waals surface area contributed by atoms with Gasteiger partial charge in [0.15, 0.2) is 0 Å². The highest BCUT2D eigenvalue weighted by molar-refractivity contribution is 6.62. The van der Waals surface area contributed by atoms with E-state index in [1.807, 2.05) is 20.8 Å². The van der Waals surface area contributed by atoms with Crippen molar-refractivity contribution in [1.82, 2.24) is 0 Å². The Morgan fingerprint density at radius 2 is 1.27 bits per heavy atom. The molecule has 0 aliphatic carbocycles. The van der Waals surface area contributed by atoms with Crippen molar-refractivity contribution in [3.8, 4) is 0 Å². The summed E-state index contributed by atoms with van der Waals surface area (Å²) in [4.78, 5) is 0. The molecule has 1 aromatic rings. The molecule has 0 aliphatic heterocycles. The third-order valence-electron chi connectivity index (χ3n) is 3.72. The fourth-order valence-corrected chi connectivity index (χ4v) is 5.49. The highest BCUT2D eigenvalue weighted by Crippen LogP contribution is 2.32. The zero-order valence-corrected chi connectivity index (χ0v) is 16.2. The second kappa shape index (κ2) is 9.68. The van der Waals surface area contributed by atoms with Gasteiger partial charge in [0.2, 0.25) is 0 Å². The second-order valence-electron chi connectivity index (χ2n) is 5.17. The quantitative estimate of drug-likeness (QED) is 0.438. The molecule has 2 unspecified atom stereocenters. The van der Waals surface area contributed by atoms with Crippen molar-refractivity contribution in [2.24, 2.45) is 0 Å². The highest BCUT2D eigenvalue weighted by Gasteiger charge is 2.47. The van der Waals surface area contributed by atoms with Crippen LogP contribution >= 0.6 is 11.6 Å². The van der Waals surface area contributed by atoms with Gasteiger partial charge in [0.25, 0.3) is 0 Å². The molecule has 1 aromatic carbocycles. The van der Waals surface area contributed by atoms with E-state index >= 15 is 0 Å². The SMILES string of the molecule is CCO[Si](OCC)(OCC)C(C)c1ccc(C(Cl)CC)cc1. The Balaban J connectivity index is 3.03. The minimum absolute atomic E-state index is 0.0667. The van der Waals surface area contributed by atoms with Crippen molar-refractivity contribution < 1.29 is 13.3 Å². The summed E-state index contributed by atoms with van der Waals surface area (Å²) in [5.74, 6) is 0. The van der Waals surface area contributed by atoms with Crippen molar-refractivity contribution in [2.75, 3.05) is 19.8 Å². The predicted molar refractivity (Wildman–Crippen MR) is 94.4 cm³/mol. The molecule has 0 saturated heterocycles. The van der Waals surface area contributed by atoms with Gasteiger partial charge in [-0.1, -0.05) is 38.1 Å². The number of alkyl halides is 1. The van der Waals surface area contributed by atoms with Gasteiger partial charge in [0, 0.05) is 19.8 Å².